The number of anilines is 1. The summed E-state index contributed by atoms with van der Waals surface area (Å²) in [7, 11) is 0. The van der Waals surface area contributed by atoms with E-state index in [-0.39, 0.29) is 5.91 Å². The molecule has 3 saturated heterocycles. The summed E-state index contributed by atoms with van der Waals surface area (Å²) >= 11 is 6.51. The van der Waals surface area contributed by atoms with Gasteiger partial charge in [0.15, 0.2) is 0 Å². The third-order valence-corrected chi connectivity index (χ3v) is 6.32. The van der Waals surface area contributed by atoms with Gasteiger partial charge in [0.1, 0.15) is 5.82 Å². The quantitative estimate of drug-likeness (QED) is 0.748. The Morgan fingerprint density at radius 3 is 2.64 bits per heavy atom. The van der Waals surface area contributed by atoms with Crippen molar-refractivity contribution >= 4 is 23.3 Å². The molecule has 0 saturated carbocycles. The summed E-state index contributed by atoms with van der Waals surface area (Å²) in [5.41, 5.74) is 0.590. The fourth-order valence-corrected chi connectivity index (χ4v) is 4.57. The number of amides is 1. The van der Waals surface area contributed by atoms with Crippen LogP contribution in [0.15, 0.2) is 12.3 Å². The van der Waals surface area contributed by atoms with Gasteiger partial charge in [0.05, 0.1) is 29.9 Å². The Balaban J connectivity index is 1.30. The maximum absolute atomic E-state index is 12.7. The third kappa shape index (κ3) is 4.78. The minimum atomic E-state index is 0.0450. The summed E-state index contributed by atoms with van der Waals surface area (Å²) in [4.78, 5) is 21.3. The highest BCUT2D eigenvalue weighted by Crippen LogP contribution is 2.28. The fraction of sp³-hybridized carbons (Fsp3) is 0.714. The van der Waals surface area contributed by atoms with Gasteiger partial charge in [0.2, 0.25) is 0 Å². The van der Waals surface area contributed by atoms with Crippen LogP contribution in [0.25, 0.3) is 0 Å². The number of aromatic nitrogens is 1. The Kier molecular flexibility index (Phi) is 6.70. The molecule has 0 aliphatic carbocycles. The number of carbonyl (C=O) groups is 1. The maximum Gasteiger partial charge on any atom is 0.255 e. The van der Waals surface area contributed by atoms with Gasteiger partial charge in [-0.05, 0) is 44.6 Å². The molecule has 1 unspecified atom stereocenters. The molecule has 7 heteroatoms. The van der Waals surface area contributed by atoms with Crippen LogP contribution in [0.3, 0.4) is 0 Å². The van der Waals surface area contributed by atoms with Crippen molar-refractivity contribution in [3.63, 3.8) is 0 Å². The Morgan fingerprint density at radius 1 is 1.18 bits per heavy atom. The molecule has 1 aromatic rings. The number of hydrogen-bond acceptors (Lipinski definition) is 5. The second kappa shape index (κ2) is 9.42. The Bertz CT molecular complexity index is 667. The molecule has 28 heavy (non-hydrogen) atoms. The van der Waals surface area contributed by atoms with Crippen LogP contribution in [-0.4, -0.2) is 67.9 Å². The number of ether oxygens (including phenoxy) is 2. The molecule has 154 valence electrons. The van der Waals surface area contributed by atoms with E-state index in [2.05, 4.69) is 9.88 Å². The fourth-order valence-electron chi connectivity index (χ4n) is 4.28. The Morgan fingerprint density at radius 2 is 1.96 bits per heavy atom. The minimum absolute atomic E-state index is 0.0450. The van der Waals surface area contributed by atoms with Gasteiger partial charge < -0.3 is 19.3 Å². The van der Waals surface area contributed by atoms with Gasteiger partial charge in [-0.2, -0.15) is 0 Å². The number of halogens is 1. The first kappa shape index (κ1) is 19.9. The lowest BCUT2D eigenvalue weighted by Gasteiger charge is -2.33. The van der Waals surface area contributed by atoms with E-state index >= 15 is 0 Å². The number of pyridine rings is 1. The molecule has 4 heterocycles. The number of nitrogens with zero attached hydrogens (tertiary/aromatic N) is 3. The third-order valence-electron chi connectivity index (χ3n) is 6.05. The van der Waals surface area contributed by atoms with Gasteiger partial charge >= 0.3 is 0 Å². The topological polar surface area (TPSA) is 54.9 Å². The van der Waals surface area contributed by atoms with Gasteiger partial charge in [-0.15, -0.1) is 0 Å². The highest BCUT2D eigenvalue weighted by molar-refractivity contribution is 6.33. The lowest BCUT2D eigenvalue weighted by molar-refractivity contribution is 0.0131. The van der Waals surface area contributed by atoms with Crippen molar-refractivity contribution in [1.29, 1.82) is 0 Å². The average molecular weight is 408 g/mol. The largest absolute Gasteiger partial charge is 0.381 e. The van der Waals surface area contributed by atoms with Crippen molar-refractivity contribution in [2.75, 3.05) is 50.9 Å². The van der Waals surface area contributed by atoms with E-state index in [0.717, 1.165) is 83.9 Å². The summed E-state index contributed by atoms with van der Waals surface area (Å²) in [5.74, 6) is 1.38. The second-order valence-corrected chi connectivity index (χ2v) is 8.54. The summed E-state index contributed by atoms with van der Waals surface area (Å²) < 4.78 is 11.5. The van der Waals surface area contributed by atoms with Gasteiger partial charge in [-0.1, -0.05) is 11.6 Å². The predicted molar refractivity (Wildman–Crippen MR) is 109 cm³/mol. The average Bonchev–Trinajstić information content (AvgIpc) is 3.26. The van der Waals surface area contributed by atoms with Crippen LogP contribution in [-0.2, 0) is 9.47 Å². The van der Waals surface area contributed by atoms with E-state index < -0.39 is 0 Å². The molecule has 0 N–H and O–H groups in total. The summed E-state index contributed by atoms with van der Waals surface area (Å²) in [5, 5.41) is 0.560. The zero-order valence-corrected chi connectivity index (χ0v) is 17.2. The van der Waals surface area contributed by atoms with Crippen molar-refractivity contribution in [3.8, 4) is 0 Å². The van der Waals surface area contributed by atoms with Gasteiger partial charge in [-0.3, -0.25) is 4.79 Å². The van der Waals surface area contributed by atoms with Crippen LogP contribution in [0.4, 0.5) is 5.82 Å². The van der Waals surface area contributed by atoms with Crippen molar-refractivity contribution in [3.05, 3.63) is 22.8 Å². The molecule has 1 aromatic heterocycles. The Hall–Kier alpha value is -1.37. The summed E-state index contributed by atoms with van der Waals surface area (Å²) in [6.07, 6.45) is 8.40. The van der Waals surface area contributed by atoms with E-state index in [4.69, 9.17) is 21.1 Å². The van der Waals surface area contributed by atoms with Crippen molar-refractivity contribution in [2.24, 2.45) is 5.92 Å². The van der Waals surface area contributed by atoms with E-state index in [9.17, 15) is 4.79 Å². The van der Waals surface area contributed by atoms with E-state index in [0.29, 0.717) is 22.6 Å². The number of rotatable bonds is 5. The highest BCUT2D eigenvalue weighted by Gasteiger charge is 2.25. The molecule has 3 fully saturated rings. The number of hydrogen-bond donors (Lipinski definition) is 0. The number of piperidine rings is 2. The molecule has 1 atom stereocenters. The van der Waals surface area contributed by atoms with Gasteiger partial charge in [-0.25, -0.2) is 4.98 Å². The molecule has 0 aromatic carbocycles. The van der Waals surface area contributed by atoms with E-state index in [1.807, 2.05) is 4.90 Å². The van der Waals surface area contributed by atoms with Crippen LogP contribution in [0.5, 0.6) is 0 Å². The molecular formula is C21H30ClN3O3. The highest BCUT2D eigenvalue weighted by atomic mass is 35.5. The van der Waals surface area contributed by atoms with Crippen molar-refractivity contribution < 1.29 is 14.3 Å². The molecule has 4 rings (SSSR count). The zero-order valence-electron chi connectivity index (χ0n) is 16.4. The molecule has 6 nitrogen and oxygen atoms in total. The smallest absolute Gasteiger partial charge is 0.255 e. The first-order valence-electron chi connectivity index (χ1n) is 10.6. The zero-order chi connectivity index (χ0) is 19.3. The molecular weight excluding hydrogens is 378 g/mol. The number of carbonyl (C=O) groups excluding carboxylic acids is 1. The van der Waals surface area contributed by atoms with Crippen LogP contribution in [0, 0.1) is 5.92 Å². The normalized spacial score (nSPS) is 24.0. The first-order valence-corrected chi connectivity index (χ1v) is 11.0. The van der Waals surface area contributed by atoms with Crippen LogP contribution >= 0.6 is 11.6 Å². The standard InChI is InChI=1S/C21H30ClN3O3/c22-19-12-17(21(26)25-7-2-1-3-8-25)13-23-20(19)24-9-4-18(5-10-24)28-15-16-6-11-27-14-16/h12-13,16,18H,1-11,14-15H2. The van der Waals surface area contributed by atoms with Gasteiger partial charge in [0, 0.05) is 44.9 Å². The van der Waals surface area contributed by atoms with Crippen LogP contribution < -0.4 is 4.90 Å². The van der Waals surface area contributed by atoms with Crippen LogP contribution in [0.2, 0.25) is 5.02 Å². The Labute approximate surface area is 172 Å². The minimum Gasteiger partial charge on any atom is -0.381 e. The molecule has 1 amide bonds. The van der Waals surface area contributed by atoms with Crippen LogP contribution in [0.1, 0.15) is 48.9 Å². The van der Waals surface area contributed by atoms with Crippen molar-refractivity contribution in [2.45, 2.75) is 44.6 Å². The van der Waals surface area contributed by atoms with E-state index in [1.165, 1.54) is 6.42 Å². The monoisotopic (exact) mass is 407 g/mol. The van der Waals surface area contributed by atoms with Gasteiger partial charge in [0.25, 0.3) is 5.91 Å². The summed E-state index contributed by atoms with van der Waals surface area (Å²) in [6, 6.07) is 1.78. The number of likely N-dealkylation sites (tertiary alicyclic amines) is 1. The molecule has 3 aliphatic rings. The lowest BCUT2D eigenvalue weighted by Crippen LogP contribution is -2.38. The predicted octanol–water partition coefficient (Wildman–Crippen LogP) is 3.38. The molecule has 0 bridgehead atoms. The van der Waals surface area contributed by atoms with E-state index in [1.54, 1.807) is 12.3 Å². The maximum atomic E-state index is 12.7. The SMILES string of the molecule is O=C(c1cnc(N2CCC(OCC3CCOC3)CC2)c(Cl)c1)N1CCCCC1. The molecule has 0 radical (unpaired) electrons. The molecule has 0 spiro atoms. The first-order chi connectivity index (χ1) is 13.7. The van der Waals surface area contributed by atoms with Crippen molar-refractivity contribution in [1.82, 2.24) is 9.88 Å². The summed E-state index contributed by atoms with van der Waals surface area (Å²) in [6.45, 7) is 5.91. The second-order valence-electron chi connectivity index (χ2n) is 8.13. The molecule has 3 aliphatic heterocycles. The lowest BCUT2D eigenvalue weighted by atomic mass is 10.1.